The second-order valence-corrected chi connectivity index (χ2v) is 4.11. The van der Waals surface area contributed by atoms with Crippen LogP contribution in [-0.4, -0.2) is 10.9 Å². The van der Waals surface area contributed by atoms with Gasteiger partial charge in [0.25, 0.3) is 0 Å². The van der Waals surface area contributed by atoms with Gasteiger partial charge in [-0.15, -0.1) is 0 Å². The lowest BCUT2D eigenvalue weighted by Gasteiger charge is -2.14. The van der Waals surface area contributed by atoms with Gasteiger partial charge >= 0.3 is 0 Å². The summed E-state index contributed by atoms with van der Waals surface area (Å²) in [7, 11) is 0. The van der Waals surface area contributed by atoms with E-state index in [9.17, 15) is 9.18 Å². The van der Waals surface area contributed by atoms with Crippen molar-refractivity contribution in [2.24, 2.45) is 5.92 Å². The van der Waals surface area contributed by atoms with Crippen molar-refractivity contribution < 1.29 is 9.18 Å². The molecule has 1 rings (SSSR count). The molecule has 1 aromatic heterocycles. The third-order valence-electron chi connectivity index (χ3n) is 2.61. The molecular formula is C13H19FN2O. The zero-order valence-corrected chi connectivity index (χ0v) is 10.4. The maximum absolute atomic E-state index is 12.9. The lowest BCUT2D eigenvalue weighted by molar-refractivity contribution is -0.120. The van der Waals surface area contributed by atoms with E-state index < -0.39 is 5.95 Å². The van der Waals surface area contributed by atoms with Gasteiger partial charge in [-0.2, -0.15) is 4.39 Å². The molecule has 0 aromatic carbocycles. The number of hydrogen-bond donors (Lipinski definition) is 1. The van der Waals surface area contributed by atoms with Crippen LogP contribution < -0.4 is 5.32 Å². The molecule has 0 aliphatic carbocycles. The standard InChI is InChI=1S/C13H19FN2O/c1-3-6-10(7-4-2)13(17)16-12-9-5-8-11(14)15-12/h5,8-10H,3-4,6-7H2,1-2H3,(H,15,16,17). The number of carbonyl (C=O) groups excluding carboxylic acids is 1. The van der Waals surface area contributed by atoms with Crippen LogP contribution in [0.15, 0.2) is 18.2 Å². The number of aromatic nitrogens is 1. The molecule has 17 heavy (non-hydrogen) atoms. The molecule has 1 heterocycles. The zero-order valence-electron chi connectivity index (χ0n) is 10.4. The predicted octanol–water partition coefficient (Wildman–Crippen LogP) is 3.38. The Morgan fingerprint density at radius 3 is 2.53 bits per heavy atom. The Morgan fingerprint density at radius 1 is 1.35 bits per heavy atom. The zero-order chi connectivity index (χ0) is 12.7. The molecule has 1 amide bonds. The average molecular weight is 238 g/mol. The molecule has 0 aliphatic heterocycles. The van der Waals surface area contributed by atoms with E-state index in [-0.39, 0.29) is 17.6 Å². The number of anilines is 1. The highest BCUT2D eigenvalue weighted by Gasteiger charge is 2.16. The second kappa shape index (κ2) is 6.99. The fourth-order valence-corrected chi connectivity index (χ4v) is 1.81. The minimum atomic E-state index is -0.578. The van der Waals surface area contributed by atoms with Gasteiger partial charge < -0.3 is 5.32 Å². The molecule has 0 fully saturated rings. The Morgan fingerprint density at radius 2 is 2.00 bits per heavy atom. The van der Waals surface area contributed by atoms with Crippen LogP contribution in [-0.2, 0) is 4.79 Å². The number of pyridine rings is 1. The summed E-state index contributed by atoms with van der Waals surface area (Å²) in [5.74, 6) is -0.362. The molecule has 3 nitrogen and oxygen atoms in total. The summed E-state index contributed by atoms with van der Waals surface area (Å²) in [6.07, 6.45) is 3.65. The third kappa shape index (κ3) is 4.51. The minimum Gasteiger partial charge on any atom is -0.310 e. The maximum atomic E-state index is 12.9. The molecular weight excluding hydrogens is 219 g/mol. The van der Waals surface area contributed by atoms with Crippen LogP contribution in [0.4, 0.5) is 10.2 Å². The fraction of sp³-hybridized carbons (Fsp3) is 0.538. The van der Waals surface area contributed by atoms with Gasteiger partial charge in [0.2, 0.25) is 11.9 Å². The van der Waals surface area contributed by atoms with Crippen molar-refractivity contribution in [2.75, 3.05) is 5.32 Å². The van der Waals surface area contributed by atoms with E-state index in [1.165, 1.54) is 12.1 Å². The van der Waals surface area contributed by atoms with Gasteiger partial charge in [0.1, 0.15) is 5.82 Å². The second-order valence-electron chi connectivity index (χ2n) is 4.11. The van der Waals surface area contributed by atoms with Gasteiger partial charge in [0, 0.05) is 5.92 Å². The number of hydrogen-bond acceptors (Lipinski definition) is 2. The number of amides is 1. The van der Waals surface area contributed by atoms with Gasteiger partial charge in [-0.05, 0) is 25.0 Å². The smallest absolute Gasteiger partial charge is 0.228 e. The molecule has 0 bridgehead atoms. The summed E-state index contributed by atoms with van der Waals surface area (Å²) >= 11 is 0. The Hall–Kier alpha value is -1.45. The maximum Gasteiger partial charge on any atom is 0.228 e. The number of halogens is 1. The van der Waals surface area contributed by atoms with Gasteiger partial charge in [-0.25, -0.2) is 4.98 Å². The van der Waals surface area contributed by atoms with Gasteiger partial charge in [0.05, 0.1) is 0 Å². The first-order chi connectivity index (χ1) is 8.17. The van der Waals surface area contributed by atoms with Crippen LogP contribution in [0, 0.1) is 11.9 Å². The van der Waals surface area contributed by atoms with Crippen LogP contribution >= 0.6 is 0 Å². The Kier molecular flexibility index (Phi) is 5.60. The monoisotopic (exact) mass is 238 g/mol. The largest absolute Gasteiger partial charge is 0.310 e. The Bertz CT molecular complexity index is 362. The van der Waals surface area contributed by atoms with E-state index in [1.807, 2.05) is 0 Å². The SMILES string of the molecule is CCCC(CCC)C(=O)Nc1cccc(F)n1. The van der Waals surface area contributed by atoms with Crippen molar-refractivity contribution in [3.8, 4) is 0 Å². The first-order valence-electron chi connectivity index (χ1n) is 6.10. The van der Waals surface area contributed by atoms with E-state index in [2.05, 4.69) is 24.1 Å². The first kappa shape index (κ1) is 13.6. The van der Waals surface area contributed by atoms with Crippen LogP contribution in [0.25, 0.3) is 0 Å². The molecule has 1 N–H and O–H groups in total. The van der Waals surface area contributed by atoms with Crippen molar-refractivity contribution in [1.29, 1.82) is 0 Å². The van der Waals surface area contributed by atoms with Crippen molar-refractivity contribution in [2.45, 2.75) is 39.5 Å². The predicted molar refractivity (Wildman–Crippen MR) is 66.1 cm³/mol. The first-order valence-corrected chi connectivity index (χ1v) is 6.10. The normalized spacial score (nSPS) is 10.6. The van der Waals surface area contributed by atoms with Gasteiger partial charge in [-0.3, -0.25) is 4.79 Å². The summed E-state index contributed by atoms with van der Waals surface area (Å²) in [6, 6.07) is 4.38. The molecule has 0 spiro atoms. The summed E-state index contributed by atoms with van der Waals surface area (Å²) in [5, 5.41) is 2.66. The van der Waals surface area contributed by atoms with Gasteiger partial charge in [-0.1, -0.05) is 32.8 Å². The minimum absolute atomic E-state index is 0.00457. The van der Waals surface area contributed by atoms with Crippen LogP contribution in [0.1, 0.15) is 39.5 Å². The Labute approximate surface area is 101 Å². The number of rotatable bonds is 6. The van der Waals surface area contributed by atoms with E-state index in [1.54, 1.807) is 6.07 Å². The highest BCUT2D eigenvalue weighted by atomic mass is 19.1. The van der Waals surface area contributed by atoms with Crippen molar-refractivity contribution in [3.63, 3.8) is 0 Å². The summed E-state index contributed by atoms with van der Waals surface area (Å²) in [4.78, 5) is 15.5. The van der Waals surface area contributed by atoms with E-state index in [0.29, 0.717) is 0 Å². The summed E-state index contributed by atoms with van der Waals surface area (Å²) in [6.45, 7) is 4.10. The van der Waals surface area contributed by atoms with Gasteiger partial charge in [0.15, 0.2) is 0 Å². The topological polar surface area (TPSA) is 42.0 Å². The molecule has 4 heteroatoms. The molecule has 0 saturated heterocycles. The molecule has 0 atom stereocenters. The molecule has 0 saturated carbocycles. The van der Waals surface area contributed by atoms with E-state index in [4.69, 9.17) is 0 Å². The van der Waals surface area contributed by atoms with Crippen LogP contribution in [0.2, 0.25) is 0 Å². The molecule has 0 unspecified atom stereocenters. The van der Waals surface area contributed by atoms with E-state index >= 15 is 0 Å². The van der Waals surface area contributed by atoms with Crippen molar-refractivity contribution >= 4 is 11.7 Å². The van der Waals surface area contributed by atoms with E-state index in [0.717, 1.165) is 25.7 Å². The number of nitrogens with zero attached hydrogens (tertiary/aromatic N) is 1. The average Bonchev–Trinajstić information content (AvgIpc) is 2.28. The van der Waals surface area contributed by atoms with Crippen molar-refractivity contribution in [1.82, 2.24) is 4.98 Å². The fourth-order valence-electron chi connectivity index (χ4n) is 1.81. The summed E-state index contributed by atoms with van der Waals surface area (Å²) < 4.78 is 12.9. The van der Waals surface area contributed by atoms with Crippen molar-refractivity contribution in [3.05, 3.63) is 24.1 Å². The van der Waals surface area contributed by atoms with Crippen LogP contribution in [0.3, 0.4) is 0 Å². The Balaban J connectivity index is 2.62. The molecule has 1 aromatic rings. The molecule has 0 aliphatic rings. The number of nitrogens with one attached hydrogen (secondary N) is 1. The molecule has 0 radical (unpaired) electrons. The third-order valence-corrected chi connectivity index (χ3v) is 2.61. The highest BCUT2D eigenvalue weighted by molar-refractivity contribution is 5.91. The lowest BCUT2D eigenvalue weighted by Crippen LogP contribution is -2.23. The lowest BCUT2D eigenvalue weighted by atomic mass is 9.97. The molecule has 94 valence electrons. The number of carbonyl (C=O) groups is 1. The quantitative estimate of drug-likeness (QED) is 0.772. The summed E-state index contributed by atoms with van der Waals surface area (Å²) in [5.41, 5.74) is 0. The van der Waals surface area contributed by atoms with Crippen LogP contribution in [0.5, 0.6) is 0 Å². The highest BCUT2D eigenvalue weighted by Crippen LogP contribution is 2.16.